The molecule has 2 N–H and O–H groups in total. The molecule has 0 aromatic heterocycles. The zero-order valence-electron chi connectivity index (χ0n) is 11.0. The molecule has 0 aliphatic heterocycles. The predicted molar refractivity (Wildman–Crippen MR) is 76.9 cm³/mol. The first-order valence-electron chi connectivity index (χ1n) is 6.09. The molecule has 96 valence electrons. The van der Waals surface area contributed by atoms with Crippen LogP contribution in [-0.4, -0.2) is 11.1 Å². The highest BCUT2D eigenvalue weighted by Gasteiger charge is 2.11. The first kappa shape index (κ1) is 14.5. The number of ether oxygens (including phenoxy) is 1. The van der Waals surface area contributed by atoms with Crippen LogP contribution in [0.15, 0.2) is 18.2 Å². The Bertz CT molecular complexity index is 361. The summed E-state index contributed by atoms with van der Waals surface area (Å²) < 4.78 is 5.87. The van der Waals surface area contributed by atoms with E-state index < -0.39 is 0 Å². The maximum absolute atomic E-state index is 5.87. The van der Waals surface area contributed by atoms with Crippen LogP contribution in [0, 0.1) is 0 Å². The van der Waals surface area contributed by atoms with Crippen LogP contribution in [0.4, 0.5) is 0 Å². The summed E-state index contributed by atoms with van der Waals surface area (Å²) in [5.74, 6) is 1.45. The number of nitrogens with two attached hydrogens (primary N) is 1. The first-order chi connectivity index (χ1) is 7.90. The zero-order valence-corrected chi connectivity index (χ0v) is 12.6. The summed E-state index contributed by atoms with van der Waals surface area (Å²) >= 11 is 3.37. The van der Waals surface area contributed by atoms with Crippen LogP contribution in [0.3, 0.4) is 0 Å². The van der Waals surface area contributed by atoms with Gasteiger partial charge in [-0.15, -0.1) is 0 Å². The number of halogens is 1. The van der Waals surface area contributed by atoms with Crippen molar-refractivity contribution in [2.24, 2.45) is 5.73 Å². The van der Waals surface area contributed by atoms with Gasteiger partial charge < -0.3 is 10.5 Å². The van der Waals surface area contributed by atoms with E-state index in [1.807, 2.05) is 13.8 Å². The van der Waals surface area contributed by atoms with E-state index in [2.05, 4.69) is 48.0 Å². The topological polar surface area (TPSA) is 35.2 Å². The van der Waals surface area contributed by atoms with Crippen LogP contribution in [0.2, 0.25) is 0 Å². The highest BCUT2D eigenvalue weighted by molar-refractivity contribution is 9.09. The van der Waals surface area contributed by atoms with E-state index in [0.717, 1.165) is 12.2 Å². The van der Waals surface area contributed by atoms with Gasteiger partial charge in [0.05, 0.1) is 11.1 Å². The molecule has 1 unspecified atom stereocenters. The largest absolute Gasteiger partial charge is 0.491 e. The van der Waals surface area contributed by atoms with E-state index in [1.165, 1.54) is 11.1 Å². The molecular formula is C14H22BrNO. The third-order valence-electron chi connectivity index (χ3n) is 2.49. The lowest BCUT2D eigenvalue weighted by Gasteiger charge is -2.18. The quantitative estimate of drug-likeness (QED) is 0.663. The molecule has 0 saturated heterocycles. The van der Waals surface area contributed by atoms with Crippen molar-refractivity contribution in [1.29, 1.82) is 0 Å². The summed E-state index contributed by atoms with van der Waals surface area (Å²) in [6, 6.07) is 6.38. The smallest absolute Gasteiger partial charge is 0.123 e. The van der Waals surface area contributed by atoms with Gasteiger partial charge in [0.15, 0.2) is 0 Å². The van der Waals surface area contributed by atoms with Crippen LogP contribution >= 0.6 is 15.9 Å². The second-order valence-corrected chi connectivity index (χ2v) is 6.09. The average molecular weight is 300 g/mol. The number of alkyl halides is 1. The Balaban J connectivity index is 3.01. The second kappa shape index (κ2) is 6.41. The van der Waals surface area contributed by atoms with Crippen LogP contribution in [-0.2, 0) is 6.42 Å². The maximum atomic E-state index is 5.87. The summed E-state index contributed by atoms with van der Waals surface area (Å²) in [4.78, 5) is -0.000648. The molecule has 0 amide bonds. The van der Waals surface area contributed by atoms with Gasteiger partial charge >= 0.3 is 0 Å². The van der Waals surface area contributed by atoms with Crippen LogP contribution < -0.4 is 10.5 Å². The van der Waals surface area contributed by atoms with E-state index in [-0.39, 0.29) is 11.1 Å². The Labute approximate surface area is 113 Å². The highest BCUT2D eigenvalue weighted by Crippen LogP contribution is 2.29. The highest BCUT2D eigenvalue weighted by atomic mass is 79.9. The molecule has 0 fully saturated rings. The van der Waals surface area contributed by atoms with Crippen molar-refractivity contribution in [2.45, 2.75) is 51.1 Å². The van der Waals surface area contributed by atoms with E-state index in [0.29, 0.717) is 5.92 Å². The van der Waals surface area contributed by atoms with Crippen LogP contribution in [0.5, 0.6) is 5.75 Å². The lowest BCUT2D eigenvalue weighted by atomic mass is 9.99. The van der Waals surface area contributed by atoms with Gasteiger partial charge in [0, 0.05) is 0 Å². The van der Waals surface area contributed by atoms with Crippen molar-refractivity contribution < 1.29 is 4.74 Å². The van der Waals surface area contributed by atoms with Crippen molar-refractivity contribution in [3.05, 3.63) is 29.3 Å². The van der Waals surface area contributed by atoms with Gasteiger partial charge in [0.1, 0.15) is 5.75 Å². The number of benzene rings is 1. The van der Waals surface area contributed by atoms with E-state index in [9.17, 15) is 0 Å². The molecule has 0 saturated carbocycles. The number of rotatable bonds is 5. The molecule has 0 aliphatic rings. The molecule has 3 heteroatoms. The zero-order chi connectivity index (χ0) is 13.0. The van der Waals surface area contributed by atoms with Gasteiger partial charge in [-0.25, -0.2) is 0 Å². The Morgan fingerprint density at radius 2 is 1.88 bits per heavy atom. The van der Waals surface area contributed by atoms with Gasteiger partial charge in [0.25, 0.3) is 0 Å². The molecule has 1 aromatic carbocycles. The van der Waals surface area contributed by atoms with Crippen molar-refractivity contribution in [2.75, 3.05) is 0 Å². The summed E-state index contributed by atoms with van der Waals surface area (Å²) in [5, 5.41) is 0. The normalized spacial score (nSPS) is 13.2. The molecule has 2 nitrogen and oxygen atoms in total. The van der Waals surface area contributed by atoms with Crippen molar-refractivity contribution >= 4 is 15.9 Å². The van der Waals surface area contributed by atoms with Crippen molar-refractivity contribution in [1.82, 2.24) is 0 Å². The molecule has 0 spiro atoms. The minimum absolute atomic E-state index is 0.000648. The Morgan fingerprint density at radius 3 is 2.35 bits per heavy atom. The standard InChI is InChI=1S/C14H22BrNO/c1-9(2)12-6-5-11(8-14(15)16)7-13(12)17-10(3)4/h5-7,9-10,14H,8,16H2,1-4H3. The summed E-state index contributed by atoms with van der Waals surface area (Å²) in [6.45, 7) is 8.46. The van der Waals surface area contributed by atoms with Gasteiger partial charge in [-0.1, -0.05) is 41.9 Å². The third kappa shape index (κ3) is 4.68. The van der Waals surface area contributed by atoms with E-state index in [4.69, 9.17) is 10.5 Å². The second-order valence-electron chi connectivity index (χ2n) is 4.91. The Morgan fingerprint density at radius 1 is 1.24 bits per heavy atom. The molecule has 1 rings (SSSR count). The minimum Gasteiger partial charge on any atom is -0.491 e. The summed E-state index contributed by atoms with van der Waals surface area (Å²) in [7, 11) is 0. The predicted octanol–water partition coefficient (Wildman–Crippen LogP) is 3.82. The molecule has 1 atom stereocenters. The molecule has 0 heterocycles. The lowest BCUT2D eigenvalue weighted by Crippen LogP contribution is -2.14. The van der Waals surface area contributed by atoms with Gasteiger partial charge in [-0.3, -0.25) is 0 Å². The van der Waals surface area contributed by atoms with Crippen molar-refractivity contribution in [3.8, 4) is 5.75 Å². The first-order valence-corrected chi connectivity index (χ1v) is 7.00. The van der Waals surface area contributed by atoms with E-state index >= 15 is 0 Å². The fourth-order valence-electron chi connectivity index (χ4n) is 1.76. The van der Waals surface area contributed by atoms with Crippen molar-refractivity contribution in [3.63, 3.8) is 0 Å². The van der Waals surface area contributed by atoms with Gasteiger partial charge in [0.2, 0.25) is 0 Å². The van der Waals surface area contributed by atoms with Gasteiger partial charge in [-0.05, 0) is 43.4 Å². The van der Waals surface area contributed by atoms with Gasteiger partial charge in [-0.2, -0.15) is 0 Å². The van der Waals surface area contributed by atoms with E-state index in [1.54, 1.807) is 0 Å². The molecule has 1 aromatic rings. The van der Waals surface area contributed by atoms with Crippen LogP contribution in [0.1, 0.15) is 44.7 Å². The minimum atomic E-state index is -0.000648. The summed E-state index contributed by atoms with van der Waals surface area (Å²) in [5.41, 5.74) is 8.21. The molecule has 0 bridgehead atoms. The number of hydrogen-bond acceptors (Lipinski definition) is 2. The molecular weight excluding hydrogens is 278 g/mol. The monoisotopic (exact) mass is 299 g/mol. The lowest BCUT2D eigenvalue weighted by molar-refractivity contribution is 0.239. The fourth-order valence-corrected chi connectivity index (χ4v) is 2.14. The Hall–Kier alpha value is -0.540. The Kier molecular flexibility index (Phi) is 5.47. The number of hydrogen-bond donors (Lipinski definition) is 1. The fraction of sp³-hybridized carbons (Fsp3) is 0.571. The average Bonchev–Trinajstić information content (AvgIpc) is 2.15. The molecule has 0 radical (unpaired) electrons. The van der Waals surface area contributed by atoms with Crippen LogP contribution in [0.25, 0.3) is 0 Å². The maximum Gasteiger partial charge on any atom is 0.123 e. The third-order valence-corrected chi connectivity index (χ3v) is 2.82. The SMILES string of the molecule is CC(C)Oc1cc(CC(N)Br)ccc1C(C)C. The molecule has 0 aliphatic carbocycles. The summed E-state index contributed by atoms with van der Waals surface area (Å²) in [6.07, 6.45) is 1.01. The molecule has 17 heavy (non-hydrogen) atoms.